The van der Waals surface area contributed by atoms with E-state index in [1.165, 1.54) is 17.1 Å². The maximum Gasteiger partial charge on any atom is 0.129 e. The summed E-state index contributed by atoms with van der Waals surface area (Å²) in [5.74, 6) is 1.55. The summed E-state index contributed by atoms with van der Waals surface area (Å²) in [5, 5.41) is 11.8. The first-order valence-electron chi connectivity index (χ1n) is 7.30. The molecule has 2 nitrogen and oxygen atoms in total. The molecule has 0 amide bonds. The minimum Gasteiger partial charge on any atom is -0.192 e. The van der Waals surface area contributed by atoms with E-state index < -0.39 is 0 Å². The number of nitrogens with zero attached hydrogens (tertiary/aromatic N) is 2. The van der Waals surface area contributed by atoms with E-state index in [4.69, 9.17) is 23.2 Å². The zero-order chi connectivity index (χ0) is 17.6. The van der Waals surface area contributed by atoms with Crippen molar-refractivity contribution < 1.29 is 0 Å². The molecule has 7 heteroatoms. The van der Waals surface area contributed by atoms with Crippen molar-refractivity contribution in [2.45, 2.75) is 20.7 Å². The molecule has 0 saturated heterocycles. The largest absolute Gasteiger partial charge is 0.192 e. The molecular weight excluding hydrogens is 411 g/mol. The van der Waals surface area contributed by atoms with Crippen molar-refractivity contribution in [3.8, 4) is 6.07 Å². The van der Waals surface area contributed by atoms with Crippen LogP contribution >= 0.6 is 58.3 Å². The molecule has 0 saturated carbocycles. The van der Waals surface area contributed by atoms with E-state index in [1.807, 2.05) is 48.5 Å². The van der Waals surface area contributed by atoms with Gasteiger partial charge in [0.1, 0.15) is 16.7 Å². The molecule has 0 atom stereocenters. The Labute approximate surface area is 169 Å². The molecule has 0 fully saturated rings. The Morgan fingerprint density at radius 2 is 1.40 bits per heavy atom. The van der Waals surface area contributed by atoms with E-state index in [1.54, 1.807) is 23.5 Å². The number of hydrogen-bond acceptors (Lipinski definition) is 5. The fraction of sp³-hybridized carbons (Fsp3) is 0.111. The van der Waals surface area contributed by atoms with Gasteiger partial charge in [0.15, 0.2) is 0 Å². The van der Waals surface area contributed by atoms with Crippen LogP contribution in [0.4, 0.5) is 0 Å². The van der Waals surface area contributed by atoms with Crippen LogP contribution in [-0.2, 0) is 11.5 Å². The summed E-state index contributed by atoms with van der Waals surface area (Å²) in [5.41, 5.74) is 2.99. The van der Waals surface area contributed by atoms with Crippen LogP contribution in [0.1, 0.15) is 16.7 Å². The topological polar surface area (TPSA) is 36.7 Å². The molecule has 25 heavy (non-hydrogen) atoms. The van der Waals surface area contributed by atoms with Crippen LogP contribution in [0.15, 0.2) is 57.8 Å². The smallest absolute Gasteiger partial charge is 0.129 e. The lowest BCUT2D eigenvalue weighted by molar-refractivity contribution is 1.22. The summed E-state index contributed by atoms with van der Waals surface area (Å²) in [6.07, 6.45) is 0. The van der Waals surface area contributed by atoms with Gasteiger partial charge in [0.05, 0.1) is 4.21 Å². The Bertz CT molecular complexity index is 817. The second kappa shape index (κ2) is 8.98. The summed E-state index contributed by atoms with van der Waals surface area (Å²) < 4.78 is 5.41. The van der Waals surface area contributed by atoms with Crippen LogP contribution in [0.2, 0.25) is 10.0 Å². The standard InChI is InChI=1S/C18H12Cl2N2S3/c19-14-5-1-12(2-6-14)10-23-17-16(9-21)18(25-22-17)24-11-13-3-7-15(20)8-4-13/h1-8H,10-11H2. The first-order valence-corrected chi connectivity index (χ1v) is 10.8. The molecule has 1 aromatic heterocycles. The predicted octanol–water partition coefficient (Wildman–Crippen LogP) is 6.91. The lowest BCUT2D eigenvalue weighted by Gasteiger charge is -2.01. The summed E-state index contributed by atoms with van der Waals surface area (Å²) in [4.78, 5) is 0. The number of thioether (sulfide) groups is 2. The van der Waals surface area contributed by atoms with Gasteiger partial charge in [-0.15, -0.1) is 11.8 Å². The van der Waals surface area contributed by atoms with Crippen molar-refractivity contribution in [3.05, 3.63) is 75.3 Å². The first-order chi connectivity index (χ1) is 12.2. The molecule has 3 aromatic rings. The van der Waals surface area contributed by atoms with Gasteiger partial charge in [0.2, 0.25) is 0 Å². The fourth-order valence-corrected chi connectivity index (χ4v) is 5.27. The van der Waals surface area contributed by atoms with E-state index in [2.05, 4.69) is 10.4 Å². The van der Waals surface area contributed by atoms with Crippen molar-refractivity contribution in [2.75, 3.05) is 0 Å². The molecule has 0 spiro atoms. The second-order valence-corrected chi connectivity index (χ2v) is 8.95. The molecule has 2 aromatic carbocycles. The fourth-order valence-electron chi connectivity index (χ4n) is 2.01. The monoisotopic (exact) mass is 422 g/mol. The van der Waals surface area contributed by atoms with Crippen LogP contribution in [0.3, 0.4) is 0 Å². The molecular formula is C18H12Cl2N2S3. The van der Waals surface area contributed by atoms with Crippen molar-refractivity contribution >= 4 is 58.3 Å². The summed E-state index contributed by atoms with van der Waals surface area (Å²) in [6, 6.07) is 17.8. The van der Waals surface area contributed by atoms with Crippen LogP contribution in [0.5, 0.6) is 0 Å². The molecule has 126 valence electrons. The number of halogens is 2. The molecule has 3 rings (SSSR count). The zero-order valence-electron chi connectivity index (χ0n) is 12.9. The lowest BCUT2D eigenvalue weighted by atomic mass is 10.2. The lowest BCUT2D eigenvalue weighted by Crippen LogP contribution is -1.84. The van der Waals surface area contributed by atoms with Crippen molar-refractivity contribution in [1.29, 1.82) is 5.26 Å². The molecule has 0 bridgehead atoms. The van der Waals surface area contributed by atoms with Crippen LogP contribution in [0, 0.1) is 11.3 Å². The highest BCUT2D eigenvalue weighted by atomic mass is 35.5. The summed E-state index contributed by atoms with van der Waals surface area (Å²) in [7, 11) is 0. The molecule has 0 aliphatic heterocycles. The van der Waals surface area contributed by atoms with E-state index in [0.29, 0.717) is 5.56 Å². The average Bonchev–Trinajstić information content (AvgIpc) is 3.02. The minimum absolute atomic E-state index is 0.669. The van der Waals surface area contributed by atoms with Gasteiger partial charge in [-0.05, 0) is 46.9 Å². The number of benzene rings is 2. The van der Waals surface area contributed by atoms with Crippen LogP contribution in [0.25, 0.3) is 0 Å². The highest BCUT2D eigenvalue weighted by molar-refractivity contribution is 8.00. The van der Waals surface area contributed by atoms with Gasteiger partial charge in [0.25, 0.3) is 0 Å². The van der Waals surface area contributed by atoms with Gasteiger partial charge in [-0.3, -0.25) is 0 Å². The van der Waals surface area contributed by atoms with Gasteiger partial charge >= 0.3 is 0 Å². The second-order valence-electron chi connectivity index (χ2n) is 5.09. The highest BCUT2D eigenvalue weighted by Crippen LogP contribution is 2.37. The zero-order valence-corrected chi connectivity index (χ0v) is 16.9. The number of hydrogen-bond donors (Lipinski definition) is 0. The van der Waals surface area contributed by atoms with Gasteiger partial charge in [-0.1, -0.05) is 59.2 Å². The third-order valence-electron chi connectivity index (χ3n) is 3.31. The maximum atomic E-state index is 9.51. The highest BCUT2D eigenvalue weighted by Gasteiger charge is 2.15. The van der Waals surface area contributed by atoms with Gasteiger partial charge in [-0.25, -0.2) is 0 Å². The molecule has 0 radical (unpaired) electrons. The van der Waals surface area contributed by atoms with E-state index >= 15 is 0 Å². The average molecular weight is 423 g/mol. The summed E-state index contributed by atoms with van der Waals surface area (Å²) in [6.45, 7) is 0. The quantitative estimate of drug-likeness (QED) is 0.404. The van der Waals surface area contributed by atoms with Gasteiger partial charge < -0.3 is 0 Å². The Hall–Kier alpha value is -1.16. The minimum atomic E-state index is 0.669. The normalized spacial score (nSPS) is 10.6. The molecule has 0 aliphatic rings. The Morgan fingerprint density at radius 1 is 0.880 bits per heavy atom. The predicted molar refractivity (Wildman–Crippen MR) is 109 cm³/mol. The third-order valence-corrected chi connectivity index (χ3v) is 7.14. The Balaban J connectivity index is 1.65. The van der Waals surface area contributed by atoms with E-state index in [9.17, 15) is 5.26 Å². The molecule has 0 aliphatic carbocycles. The van der Waals surface area contributed by atoms with E-state index in [-0.39, 0.29) is 0 Å². The number of nitriles is 1. The maximum absolute atomic E-state index is 9.51. The van der Waals surface area contributed by atoms with Crippen molar-refractivity contribution in [2.24, 2.45) is 0 Å². The molecule has 0 N–H and O–H groups in total. The Kier molecular flexibility index (Phi) is 6.69. The van der Waals surface area contributed by atoms with Crippen LogP contribution in [-0.4, -0.2) is 4.37 Å². The summed E-state index contributed by atoms with van der Waals surface area (Å²) >= 11 is 16.4. The van der Waals surface area contributed by atoms with Gasteiger partial charge in [0, 0.05) is 21.6 Å². The molecule has 1 heterocycles. The van der Waals surface area contributed by atoms with Crippen molar-refractivity contribution in [1.82, 2.24) is 4.37 Å². The number of aromatic nitrogens is 1. The van der Waals surface area contributed by atoms with Gasteiger partial charge in [-0.2, -0.15) is 9.64 Å². The van der Waals surface area contributed by atoms with Crippen LogP contribution < -0.4 is 0 Å². The number of rotatable bonds is 6. The van der Waals surface area contributed by atoms with E-state index in [0.717, 1.165) is 36.3 Å². The molecule has 0 unspecified atom stereocenters. The third kappa shape index (κ3) is 5.16. The first kappa shape index (κ1) is 18.6. The van der Waals surface area contributed by atoms with Crippen molar-refractivity contribution in [3.63, 3.8) is 0 Å². The SMILES string of the molecule is N#Cc1c(SCc2ccc(Cl)cc2)nsc1SCc1ccc(Cl)cc1. The Morgan fingerprint density at radius 3 is 1.92 bits per heavy atom.